The van der Waals surface area contributed by atoms with Gasteiger partial charge in [0.1, 0.15) is 0 Å². The van der Waals surface area contributed by atoms with E-state index in [-0.39, 0.29) is 5.92 Å². The third-order valence-corrected chi connectivity index (χ3v) is 6.50. The summed E-state index contributed by atoms with van der Waals surface area (Å²) in [6, 6.07) is 0. The van der Waals surface area contributed by atoms with Crippen LogP contribution in [-0.2, 0) is 4.79 Å². The zero-order valence-corrected chi connectivity index (χ0v) is 10.7. The fraction of sp³-hybridized carbons (Fsp3) is 0.933. The normalized spacial score (nSPS) is 52.9. The van der Waals surface area contributed by atoms with Crippen molar-refractivity contribution in [2.24, 2.45) is 41.4 Å². The number of alkyl halides is 2. The minimum Gasteiger partial charge on any atom is -0.293 e. The molecule has 4 bridgehead atoms. The van der Waals surface area contributed by atoms with Crippen molar-refractivity contribution >= 4 is 5.78 Å². The number of fused-ring (bicyclic) bond motifs is 9. The van der Waals surface area contributed by atoms with E-state index in [1.165, 1.54) is 19.3 Å². The van der Waals surface area contributed by atoms with E-state index in [0.29, 0.717) is 17.8 Å². The molecule has 0 N–H and O–H groups in total. The number of Topliss-reactive ketones (excluding diaryl/α,β-unsaturated/α-hetero) is 1. The molecule has 4 saturated carbocycles. The first-order valence-electron chi connectivity index (χ1n) is 7.39. The Kier molecular flexibility index (Phi) is 2.11. The van der Waals surface area contributed by atoms with Crippen molar-refractivity contribution in [1.29, 1.82) is 0 Å². The van der Waals surface area contributed by atoms with Gasteiger partial charge >= 0.3 is 5.92 Å². The monoisotopic (exact) mass is 254 g/mol. The van der Waals surface area contributed by atoms with Crippen LogP contribution in [0.15, 0.2) is 0 Å². The second-order valence-electron chi connectivity index (χ2n) is 7.24. The highest BCUT2D eigenvalue weighted by molar-refractivity contribution is 5.88. The number of halogens is 2. The van der Waals surface area contributed by atoms with E-state index >= 15 is 0 Å². The number of hydrogen-bond donors (Lipinski definition) is 0. The second kappa shape index (κ2) is 3.34. The van der Waals surface area contributed by atoms with Crippen LogP contribution in [0.1, 0.15) is 39.0 Å². The smallest absolute Gasteiger partial charge is 0.293 e. The molecule has 4 rings (SSSR count). The summed E-state index contributed by atoms with van der Waals surface area (Å²) in [4.78, 5) is 11.9. The minimum absolute atomic E-state index is 0.300. The van der Waals surface area contributed by atoms with Crippen LogP contribution in [0.2, 0.25) is 0 Å². The highest BCUT2D eigenvalue weighted by atomic mass is 19.3. The lowest BCUT2D eigenvalue weighted by molar-refractivity contribution is -0.148. The number of rotatable bonds is 2. The lowest BCUT2D eigenvalue weighted by atomic mass is 9.66. The fourth-order valence-electron chi connectivity index (χ4n) is 6.19. The summed E-state index contributed by atoms with van der Waals surface area (Å²) in [5, 5.41) is 0. The number of carbonyl (C=O) groups is 1. The fourth-order valence-corrected chi connectivity index (χ4v) is 6.19. The van der Waals surface area contributed by atoms with Gasteiger partial charge in [0.2, 0.25) is 5.78 Å². The van der Waals surface area contributed by atoms with Gasteiger partial charge in [-0.1, -0.05) is 0 Å². The molecule has 0 amide bonds. The maximum Gasteiger partial charge on any atom is 0.302 e. The molecule has 3 heteroatoms. The molecular formula is C15H20F2O. The van der Waals surface area contributed by atoms with E-state index in [1.54, 1.807) is 0 Å². The Morgan fingerprint density at radius 1 is 1.00 bits per heavy atom. The molecule has 0 aromatic rings. The van der Waals surface area contributed by atoms with Crippen molar-refractivity contribution in [2.45, 2.75) is 45.0 Å². The second-order valence-corrected chi connectivity index (χ2v) is 7.24. The molecule has 0 aromatic heterocycles. The molecule has 100 valence electrons. The SMILES string of the molecule is CC(F)(F)C(=O)C1CC2CC1C1C3CCC(C3)C21. The molecule has 0 saturated heterocycles. The molecular weight excluding hydrogens is 234 g/mol. The average molecular weight is 254 g/mol. The molecule has 0 heterocycles. The Hall–Kier alpha value is -0.470. The molecule has 0 aliphatic heterocycles. The van der Waals surface area contributed by atoms with Gasteiger partial charge in [-0.05, 0) is 67.6 Å². The van der Waals surface area contributed by atoms with Crippen LogP contribution in [0, 0.1) is 41.4 Å². The first-order valence-corrected chi connectivity index (χ1v) is 7.39. The highest BCUT2D eigenvalue weighted by Gasteiger charge is 2.64. The Balaban J connectivity index is 1.61. The third kappa shape index (κ3) is 1.28. The van der Waals surface area contributed by atoms with Gasteiger partial charge in [-0.25, -0.2) is 0 Å². The standard InChI is InChI=1S/C15H20F2O/c1-15(16,17)14(18)11-6-9-5-10(11)13-8-3-2-7(4-8)12(9)13/h7-13H,2-6H2,1H3. The van der Waals surface area contributed by atoms with Gasteiger partial charge < -0.3 is 0 Å². The van der Waals surface area contributed by atoms with Crippen LogP contribution < -0.4 is 0 Å². The summed E-state index contributed by atoms with van der Waals surface area (Å²) in [7, 11) is 0. The molecule has 0 aromatic carbocycles. The van der Waals surface area contributed by atoms with Crippen LogP contribution in [0.3, 0.4) is 0 Å². The number of ketones is 1. The van der Waals surface area contributed by atoms with Crippen LogP contribution in [0.4, 0.5) is 8.78 Å². The van der Waals surface area contributed by atoms with E-state index in [4.69, 9.17) is 0 Å². The maximum absolute atomic E-state index is 13.3. The Morgan fingerprint density at radius 3 is 2.33 bits per heavy atom. The van der Waals surface area contributed by atoms with Crippen molar-refractivity contribution in [3.8, 4) is 0 Å². The van der Waals surface area contributed by atoms with Crippen molar-refractivity contribution in [1.82, 2.24) is 0 Å². The zero-order valence-electron chi connectivity index (χ0n) is 10.7. The van der Waals surface area contributed by atoms with Gasteiger partial charge in [0, 0.05) is 12.8 Å². The molecule has 0 spiro atoms. The first-order chi connectivity index (χ1) is 8.47. The van der Waals surface area contributed by atoms with Crippen molar-refractivity contribution in [2.75, 3.05) is 0 Å². The summed E-state index contributed by atoms with van der Waals surface area (Å²) >= 11 is 0. The Bertz CT molecular complexity index is 400. The number of hydrogen-bond acceptors (Lipinski definition) is 1. The van der Waals surface area contributed by atoms with Crippen LogP contribution in [0.5, 0.6) is 0 Å². The van der Waals surface area contributed by atoms with E-state index in [1.807, 2.05) is 0 Å². The molecule has 4 aliphatic rings. The van der Waals surface area contributed by atoms with Gasteiger partial charge in [-0.2, -0.15) is 8.78 Å². The van der Waals surface area contributed by atoms with Crippen molar-refractivity contribution in [3.05, 3.63) is 0 Å². The van der Waals surface area contributed by atoms with E-state index in [9.17, 15) is 13.6 Å². The predicted octanol–water partition coefficient (Wildman–Crippen LogP) is 3.53. The summed E-state index contributed by atoms with van der Waals surface area (Å²) in [6.45, 7) is 0.777. The Labute approximate surface area is 106 Å². The minimum atomic E-state index is -3.12. The largest absolute Gasteiger partial charge is 0.302 e. The van der Waals surface area contributed by atoms with Crippen LogP contribution in [-0.4, -0.2) is 11.7 Å². The lowest BCUT2D eigenvalue weighted by Gasteiger charge is -2.38. The van der Waals surface area contributed by atoms with E-state index in [2.05, 4.69) is 0 Å². The van der Waals surface area contributed by atoms with Gasteiger partial charge in [-0.3, -0.25) is 4.79 Å². The van der Waals surface area contributed by atoms with Gasteiger partial charge in [0.25, 0.3) is 0 Å². The van der Waals surface area contributed by atoms with Gasteiger partial charge in [0.05, 0.1) is 0 Å². The summed E-state index contributed by atoms with van der Waals surface area (Å²) in [5.74, 6) is -0.277. The van der Waals surface area contributed by atoms with Crippen molar-refractivity contribution < 1.29 is 13.6 Å². The topological polar surface area (TPSA) is 17.1 Å². The lowest BCUT2D eigenvalue weighted by Crippen LogP contribution is -2.40. The first kappa shape index (κ1) is 11.4. The maximum atomic E-state index is 13.3. The third-order valence-electron chi connectivity index (χ3n) is 6.50. The quantitative estimate of drug-likeness (QED) is 0.689. The molecule has 1 nitrogen and oxygen atoms in total. The zero-order chi connectivity index (χ0) is 12.7. The molecule has 4 aliphatic carbocycles. The van der Waals surface area contributed by atoms with Crippen LogP contribution in [0.25, 0.3) is 0 Å². The van der Waals surface area contributed by atoms with Gasteiger partial charge in [-0.15, -0.1) is 0 Å². The molecule has 7 atom stereocenters. The van der Waals surface area contributed by atoms with E-state index < -0.39 is 11.7 Å². The predicted molar refractivity (Wildman–Crippen MR) is 63.1 cm³/mol. The molecule has 18 heavy (non-hydrogen) atoms. The number of carbonyl (C=O) groups excluding carboxylic acids is 1. The Morgan fingerprint density at radius 2 is 1.67 bits per heavy atom. The van der Waals surface area contributed by atoms with Crippen molar-refractivity contribution in [3.63, 3.8) is 0 Å². The molecule has 4 fully saturated rings. The highest BCUT2D eigenvalue weighted by Crippen LogP contribution is 2.69. The summed E-state index contributed by atoms with van der Waals surface area (Å²) in [6.07, 6.45) is 5.80. The van der Waals surface area contributed by atoms with E-state index in [0.717, 1.165) is 37.5 Å². The van der Waals surface area contributed by atoms with Gasteiger partial charge in [0.15, 0.2) is 0 Å². The molecule has 0 radical (unpaired) electrons. The average Bonchev–Trinajstić information content (AvgIpc) is 3.03. The summed E-state index contributed by atoms with van der Waals surface area (Å²) < 4.78 is 26.5. The molecule has 7 unspecified atom stereocenters. The summed E-state index contributed by atoms with van der Waals surface area (Å²) in [5.41, 5.74) is 0. The van der Waals surface area contributed by atoms with Crippen LogP contribution >= 0.6 is 0 Å².